The number of carbonyl (C=O) groups is 1. The molecule has 0 unspecified atom stereocenters. The average Bonchev–Trinajstić information content (AvgIpc) is 2.82. The lowest BCUT2D eigenvalue weighted by Crippen LogP contribution is -2.31. The van der Waals surface area contributed by atoms with Crippen molar-refractivity contribution in [2.75, 3.05) is 13.7 Å². The number of benzene rings is 1. The number of phenols is 2. The predicted molar refractivity (Wildman–Crippen MR) is 80.9 cm³/mol. The monoisotopic (exact) mass is 322 g/mol. The SMILES string of the molecule is COCC(=O)N1Cc2cnc3cc(Cl)c(O)c(O)c3c2[C@@H]1C. The van der Waals surface area contributed by atoms with Gasteiger partial charge in [0, 0.05) is 19.9 Å². The van der Waals surface area contributed by atoms with E-state index < -0.39 is 0 Å². The van der Waals surface area contributed by atoms with Crippen LogP contribution >= 0.6 is 11.6 Å². The summed E-state index contributed by atoms with van der Waals surface area (Å²) in [5, 5.41) is 20.6. The van der Waals surface area contributed by atoms with Crippen molar-refractivity contribution in [1.82, 2.24) is 9.88 Å². The number of ether oxygens (including phenoxy) is 1. The highest BCUT2D eigenvalue weighted by Gasteiger charge is 2.33. The highest BCUT2D eigenvalue weighted by Crippen LogP contribution is 2.46. The van der Waals surface area contributed by atoms with Crippen molar-refractivity contribution in [2.45, 2.75) is 19.5 Å². The van der Waals surface area contributed by atoms with Crippen LogP contribution in [0, 0.1) is 0 Å². The van der Waals surface area contributed by atoms with Crippen molar-refractivity contribution >= 4 is 28.4 Å². The zero-order valence-electron chi connectivity index (χ0n) is 12.1. The lowest BCUT2D eigenvalue weighted by molar-refractivity contribution is -0.137. The summed E-state index contributed by atoms with van der Waals surface area (Å²) in [4.78, 5) is 18.0. The maximum absolute atomic E-state index is 12.1. The van der Waals surface area contributed by atoms with Crippen molar-refractivity contribution in [3.05, 3.63) is 28.4 Å². The van der Waals surface area contributed by atoms with Crippen LogP contribution < -0.4 is 0 Å². The molecule has 0 saturated carbocycles. The van der Waals surface area contributed by atoms with Gasteiger partial charge in [-0.15, -0.1) is 0 Å². The maximum atomic E-state index is 12.1. The Hall–Kier alpha value is -2.05. The van der Waals surface area contributed by atoms with Gasteiger partial charge in [-0.2, -0.15) is 0 Å². The van der Waals surface area contributed by atoms with Gasteiger partial charge in [-0.1, -0.05) is 11.6 Å². The molecule has 0 aliphatic carbocycles. The fraction of sp³-hybridized carbons (Fsp3) is 0.333. The number of fused-ring (bicyclic) bond motifs is 3. The number of amides is 1. The lowest BCUT2D eigenvalue weighted by atomic mass is 10.0. The molecule has 2 aromatic rings. The summed E-state index contributed by atoms with van der Waals surface area (Å²) in [7, 11) is 1.47. The van der Waals surface area contributed by atoms with Gasteiger partial charge in [0.25, 0.3) is 0 Å². The molecule has 0 bridgehead atoms. The third-order valence-electron chi connectivity index (χ3n) is 4.00. The van der Waals surface area contributed by atoms with Gasteiger partial charge in [-0.25, -0.2) is 0 Å². The van der Waals surface area contributed by atoms with E-state index in [9.17, 15) is 15.0 Å². The van der Waals surface area contributed by atoms with Gasteiger partial charge in [-0.05, 0) is 24.1 Å². The number of halogens is 1. The van der Waals surface area contributed by atoms with Crippen LogP contribution in [0.3, 0.4) is 0 Å². The van der Waals surface area contributed by atoms with Crippen LogP contribution in [-0.4, -0.2) is 39.7 Å². The molecule has 1 aromatic carbocycles. The molecule has 3 rings (SSSR count). The van der Waals surface area contributed by atoms with Crippen LogP contribution in [-0.2, 0) is 16.1 Å². The molecular weight excluding hydrogens is 308 g/mol. The first-order chi connectivity index (χ1) is 10.5. The molecule has 22 heavy (non-hydrogen) atoms. The number of hydrogen-bond acceptors (Lipinski definition) is 5. The summed E-state index contributed by atoms with van der Waals surface area (Å²) >= 11 is 5.87. The molecule has 2 heterocycles. The number of aromatic hydroxyl groups is 2. The van der Waals surface area contributed by atoms with E-state index >= 15 is 0 Å². The minimum absolute atomic E-state index is 0.00719. The lowest BCUT2D eigenvalue weighted by Gasteiger charge is -2.22. The van der Waals surface area contributed by atoms with Crippen molar-refractivity contribution in [3.63, 3.8) is 0 Å². The molecule has 0 spiro atoms. The Kier molecular flexibility index (Phi) is 3.58. The Morgan fingerprint density at radius 2 is 2.23 bits per heavy atom. The zero-order valence-corrected chi connectivity index (χ0v) is 12.9. The number of phenolic OH excluding ortho intramolecular Hbond substituents is 2. The molecule has 2 N–H and O–H groups in total. The fourth-order valence-corrected chi connectivity index (χ4v) is 3.14. The number of methoxy groups -OCH3 is 1. The Labute approximate surface area is 131 Å². The third kappa shape index (κ3) is 2.07. The van der Waals surface area contributed by atoms with E-state index in [0.29, 0.717) is 17.4 Å². The molecule has 1 aliphatic heterocycles. The maximum Gasteiger partial charge on any atom is 0.249 e. The van der Waals surface area contributed by atoms with Crippen LogP contribution in [0.5, 0.6) is 11.5 Å². The molecule has 6 nitrogen and oxygen atoms in total. The second-order valence-electron chi connectivity index (χ2n) is 5.28. The molecule has 1 atom stereocenters. The van der Waals surface area contributed by atoms with E-state index in [-0.39, 0.29) is 35.1 Å². The van der Waals surface area contributed by atoms with E-state index in [2.05, 4.69) is 4.98 Å². The van der Waals surface area contributed by atoms with Gasteiger partial charge in [0.05, 0.1) is 22.0 Å². The van der Waals surface area contributed by atoms with E-state index in [4.69, 9.17) is 16.3 Å². The summed E-state index contributed by atoms with van der Waals surface area (Å²) < 4.78 is 4.90. The number of nitrogens with zero attached hydrogens (tertiary/aromatic N) is 2. The second-order valence-corrected chi connectivity index (χ2v) is 5.68. The first-order valence-corrected chi connectivity index (χ1v) is 7.13. The van der Waals surface area contributed by atoms with Gasteiger partial charge in [0.1, 0.15) is 6.61 Å². The molecule has 1 amide bonds. The Balaban J connectivity index is 2.18. The third-order valence-corrected chi connectivity index (χ3v) is 4.28. The molecule has 1 aliphatic rings. The standard InChI is InChI=1S/C15H15ClN2O4/c1-7-12-8(5-18(7)11(19)6-22-2)4-17-10-3-9(16)14(20)15(21)13(10)12/h3-4,7,20-21H,5-6H2,1-2H3/t7-/m0/s1. The first kappa shape index (κ1) is 14.9. The summed E-state index contributed by atoms with van der Waals surface area (Å²) in [6.45, 7) is 2.25. The number of pyridine rings is 1. The van der Waals surface area contributed by atoms with Crippen LogP contribution in [0.25, 0.3) is 10.9 Å². The van der Waals surface area contributed by atoms with E-state index in [1.165, 1.54) is 13.2 Å². The molecule has 0 radical (unpaired) electrons. The number of carbonyl (C=O) groups excluding carboxylic acids is 1. The minimum atomic E-state index is -0.377. The predicted octanol–water partition coefficient (Wildman–Crippen LogP) is 2.35. The largest absolute Gasteiger partial charge is 0.504 e. The number of hydrogen-bond donors (Lipinski definition) is 2. The highest BCUT2D eigenvalue weighted by molar-refractivity contribution is 6.33. The molecule has 116 valence electrons. The highest BCUT2D eigenvalue weighted by atomic mass is 35.5. The molecule has 1 aromatic heterocycles. The van der Waals surface area contributed by atoms with E-state index in [1.54, 1.807) is 11.1 Å². The van der Waals surface area contributed by atoms with Crippen molar-refractivity contribution in [2.24, 2.45) is 0 Å². The van der Waals surface area contributed by atoms with Crippen LogP contribution in [0.2, 0.25) is 5.02 Å². The van der Waals surface area contributed by atoms with Gasteiger partial charge in [0.15, 0.2) is 11.5 Å². The molecular formula is C15H15ClN2O4. The Morgan fingerprint density at radius 3 is 2.91 bits per heavy atom. The quantitative estimate of drug-likeness (QED) is 0.829. The van der Waals surface area contributed by atoms with Crippen molar-refractivity contribution in [3.8, 4) is 11.5 Å². The topological polar surface area (TPSA) is 82.9 Å². The smallest absolute Gasteiger partial charge is 0.249 e. The minimum Gasteiger partial charge on any atom is -0.504 e. The first-order valence-electron chi connectivity index (χ1n) is 6.76. The van der Waals surface area contributed by atoms with Crippen molar-refractivity contribution in [1.29, 1.82) is 0 Å². The van der Waals surface area contributed by atoms with Crippen LogP contribution in [0.4, 0.5) is 0 Å². The summed E-state index contributed by atoms with van der Waals surface area (Å²) in [6.07, 6.45) is 1.67. The van der Waals surface area contributed by atoms with Gasteiger partial charge in [-0.3, -0.25) is 9.78 Å². The van der Waals surface area contributed by atoms with Crippen LogP contribution in [0.1, 0.15) is 24.1 Å². The van der Waals surface area contributed by atoms with Gasteiger partial charge in [0.2, 0.25) is 5.91 Å². The average molecular weight is 323 g/mol. The van der Waals surface area contributed by atoms with E-state index in [1.807, 2.05) is 6.92 Å². The fourth-order valence-electron chi connectivity index (χ4n) is 2.95. The van der Waals surface area contributed by atoms with Gasteiger partial charge < -0.3 is 19.8 Å². The summed E-state index contributed by atoms with van der Waals surface area (Å²) in [5.41, 5.74) is 2.09. The van der Waals surface area contributed by atoms with E-state index in [0.717, 1.165) is 11.1 Å². The summed E-state index contributed by atoms with van der Waals surface area (Å²) in [6, 6.07) is 1.24. The summed E-state index contributed by atoms with van der Waals surface area (Å²) in [5.74, 6) is -0.824. The zero-order chi connectivity index (χ0) is 16.0. The molecule has 0 fully saturated rings. The number of aromatic nitrogens is 1. The Bertz CT molecular complexity index is 778. The Morgan fingerprint density at radius 1 is 1.50 bits per heavy atom. The molecule has 0 saturated heterocycles. The van der Waals surface area contributed by atoms with Gasteiger partial charge >= 0.3 is 0 Å². The van der Waals surface area contributed by atoms with Crippen LogP contribution in [0.15, 0.2) is 12.3 Å². The normalized spacial score (nSPS) is 17.0. The number of rotatable bonds is 2. The molecule has 7 heteroatoms. The van der Waals surface area contributed by atoms with Crippen molar-refractivity contribution < 1.29 is 19.7 Å². The second kappa shape index (κ2) is 5.30.